The number of carbonyl (C=O) groups is 1. The third-order valence-electron chi connectivity index (χ3n) is 1.85. The van der Waals surface area contributed by atoms with Gasteiger partial charge >= 0.3 is 0 Å². The van der Waals surface area contributed by atoms with Gasteiger partial charge in [0.15, 0.2) is 5.78 Å². The molecular formula is C8H6Cl4O. The summed E-state index contributed by atoms with van der Waals surface area (Å²) in [6.07, 6.45) is 4.29. The van der Waals surface area contributed by atoms with E-state index in [4.69, 9.17) is 46.4 Å². The predicted octanol–water partition coefficient (Wildman–Crippen LogP) is 3.62. The summed E-state index contributed by atoms with van der Waals surface area (Å²) in [6, 6.07) is 0. The quantitative estimate of drug-likeness (QED) is 0.608. The fourth-order valence-corrected chi connectivity index (χ4v) is 1.53. The first-order chi connectivity index (χ1) is 5.76. The molecule has 1 aliphatic rings. The Morgan fingerprint density at radius 3 is 2.31 bits per heavy atom. The van der Waals surface area contributed by atoms with Gasteiger partial charge in [0, 0.05) is 0 Å². The van der Waals surface area contributed by atoms with E-state index in [2.05, 4.69) is 0 Å². The molecule has 13 heavy (non-hydrogen) atoms. The number of halogens is 4. The number of carbonyl (C=O) groups excluding carboxylic acids is 1. The maximum Gasteiger partial charge on any atom is 0.202 e. The largest absolute Gasteiger partial charge is 0.288 e. The van der Waals surface area contributed by atoms with Crippen LogP contribution in [0.25, 0.3) is 0 Å². The zero-order valence-electron chi connectivity index (χ0n) is 6.65. The average molecular weight is 260 g/mol. The van der Waals surface area contributed by atoms with Crippen LogP contribution in [0.2, 0.25) is 0 Å². The molecule has 0 saturated carbocycles. The Morgan fingerprint density at radius 1 is 1.38 bits per heavy atom. The van der Waals surface area contributed by atoms with E-state index in [0.29, 0.717) is 0 Å². The molecule has 72 valence electrons. The summed E-state index contributed by atoms with van der Waals surface area (Å²) in [5.41, 5.74) is -0.831. The lowest BCUT2D eigenvalue weighted by Gasteiger charge is -2.32. The van der Waals surface area contributed by atoms with Gasteiger partial charge in [-0.2, -0.15) is 0 Å². The van der Waals surface area contributed by atoms with Gasteiger partial charge in [0.25, 0.3) is 0 Å². The Morgan fingerprint density at radius 2 is 1.92 bits per heavy atom. The molecule has 1 aliphatic carbocycles. The molecule has 0 fully saturated rings. The molecule has 0 saturated heterocycles. The van der Waals surface area contributed by atoms with Gasteiger partial charge in [-0.25, -0.2) is 0 Å². The number of hydrogen-bond acceptors (Lipinski definition) is 1. The molecule has 1 atom stereocenters. The van der Waals surface area contributed by atoms with E-state index in [1.165, 1.54) is 18.2 Å². The summed E-state index contributed by atoms with van der Waals surface area (Å²) in [6.45, 7) is 1.69. The molecule has 0 bridgehead atoms. The van der Waals surface area contributed by atoms with Crippen molar-refractivity contribution in [3.05, 3.63) is 23.3 Å². The van der Waals surface area contributed by atoms with Gasteiger partial charge in [-0.1, -0.05) is 52.5 Å². The third kappa shape index (κ3) is 2.21. The average Bonchev–Trinajstić information content (AvgIpc) is 1.95. The molecule has 0 N–H and O–H groups in total. The van der Waals surface area contributed by atoms with E-state index in [1.807, 2.05) is 0 Å². The molecule has 0 aromatic heterocycles. The van der Waals surface area contributed by atoms with E-state index in [-0.39, 0.29) is 10.8 Å². The summed E-state index contributed by atoms with van der Waals surface area (Å²) < 4.78 is -1.51. The van der Waals surface area contributed by atoms with Gasteiger partial charge in [-0.15, -0.1) is 0 Å². The highest BCUT2D eigenvalue weighted by atomic mass is 35.6. The van der Waals surface area contributed by atoms with Gasteiger partial charge in [-0.05, 0) is 19.1 Å². The van der Waals surface area contributed by atoms with Crippen LogP contribution in [0.3, 0.4) is 0 Å². The number of allylic oxidation sites excluding steroid dienone is 4. The summed E-state index contributed by atoms with van der Waals surface area (Å²) in [4.78, 5) is 11.0. The summed E-state index contributed by atoms with van der Waals surface area (Å²) in [7, 11) is 0. The van der Waals surface area contributed by atoms with Crippen molar-refractivity contribution in [3.63, 3.8) is 0 Å². The molecule has 0 aromatic rings. The van der Waals surface area contributed by atoms with E-state index in [1.54, 1.807) is 6.92 Å². The van der Waals surface area contributed by atoms with Crippen molar-refractivity contribution < 1.29 is 4.79 Å². The Balaban J connectivity index is 3.10. The maximum atomic E-state index is 11.0. The minimum Gasteiger partial charge on any atom is -0.288 e. The van der Waals surface area contributed by atoms with Crippen LogP contribution in [0.15, 0.2) is 23.3 Å². The predicted molar refractivity (Wildman–Crippen MR) is 56.5 cm³/mol. The lowest BCUT2D eigenvalue weighted by molar-refractivity contribution is -0.111. The van der Waals surface area contributed by atoms with E-state index in [9.17, 15) is 4.79 Å². The first-order valence-corrected chi connectivity index (χ1v) is 4.96. The van der Waals surface area contributed by atoms with Crippen LogP contribution in [0.4, 0.5) is 0 Å². The molecule has 0 aliphatic heterocycles. The molecule has 1 nitrogen and oxygen atoms in total. The standard InChI is InChI=1S/C8H6Cl4O/c1-7(8(10,11)12)3-2-6(13)5(9)4-7/h2-4H,1H3/t7-/m0/s1. The Hall–Kier alpha value is 0.310. The Kier molecular flexibility index (Phi) is 3.04. The fraction of sp³-hybridized carbons (Fsp3) is 0.375. The van der Waals surface area contributed by atoms with E-state index >= 15 is 0 Å². The summed E-state index contributed by atoms with van der Waals surface area (Å²) in [5.74, 6) is -0.270. The second kappa shape index (κ2) is 3.47. The van der Waals surface area contributed by atoms with E-state index < -0.39 is 9.21 Å². The zero-order chi connectivity index (χ0) is 10.3. The SMILES string of the molecule is C[C@]1(C(Cl)(Cl)Cl)C=CC(=O)C(Cl)=C1. The Labute approximate surface area is 96.3 Å². The molecule has 0 spiro atoms. The van der Waals surface area contributed by atoms with E-state index in [0.717, 1.165) is 0 Å². The third-order valence-corrected chi connectivity index (χ3v) is 3.37. The van der Waals surface area contributed by atoms with Gasteiger partial charge < -0.3 is 0 Å². The topological polar surface area (TPSA) is 17.1 Å². The van der Waals surface area contributed by atoms with Crippen molar-refractivity contribution in [1.82, 2.24) is 0 Å². The molecule has 1 rings (SSSR count). The second-order valence-corrected chi connectivity index (χ2v) is 5.66. The highest BCUT2D eigenvalue weighted by molar-refractivity contribution is 6.68. The number of alkyl halides is 3. The van der Waals surface area contributed by atoms with Crippen molar-refractivity contribution in [2.24, 2.45) is 5.41 Å². The zero-order valence-corrected chi connectivity index (χ0v) is 9.68. The van der Waals surface area contributed by atoms with Crippen molar-refractivity contribution in [2.75, 3.05) is 0 Å². The smallest absolute Gasteiger partial charge is 0.202 e. The normalized spacial score (nSPS) is 29.0. The van der Waals surface area contributed by atoms with Gasteiger partial charge in [0.1, 0.15) is 0 Å². The number of rotatable bonds is 0. The van der Waals surface area contributed by atoms with Crippen LogP contribution in [0.5, 0.6) is 0 Å². The molecule has 0 radical (unpaired) electrons. The number of hydrogen-bond donors (Lipinski definition) is 0. The van der Waals surface area contributed by atoms with Crippen molar-refractivity contribution in [1.29, 1.82) is 0 Å². The first-order valence-electron chi connectivity index (χ1n) is 3.45. The lowest BCUT2D eigenvalue weighted by atomic mass is 9.87. The van der Waals surface area contributed by atoms with Gasteiger partial charge in [0.05, 0.1) is 10.4 Å². The monoisotopic (exact) mass is 258 g/mol. The number of ketones is 1. The maximum absolute atomic E-state index is 11.0. The van der Waals surface area contributed by atoms with Crippen LogP contribution in [0, 0.1) is 5.41 Å². The molecule has 0 unspecified atom stereocenters. The lowest BCUT2D eigenvalue weighted by Crippen LogP contribution is -2.30. The van der Waals surface area contributed by atoms with Crippen LogP contribution >= 0.6 is 46.4 Å². The minimum atomic E-state index is -1.51. The highest BCUT2D eigenvalue weighted by Crippen LogP contribution is 2.48. The summed E-state index contributed by atoms with van der Waals surface area (Å²) >= 11 is 22.8. The molecule has 0 heterocycles. The van der Waals surface area contributed by atoms with Gasteiger partial charge in [-0.3, -0.25) is 4.79 Å². The summed E-state index contributed by atoms with van der Waals surface area (Å²) in [5, 5.41) is 0.0799. The highest BCUT2D eigenvalue weighted by Gasteiger charge is 2.42. The van der Waals surface area contributed by atoms with Crippen molar-refractivity contribution in [3.8, 4) is 0 Å². The van der Waals surface area contributed by atoms with Crippen molar-refractivity contribution in [2.45, 2.75) is 10.7 Å². The molecule has 0 aromatic carbocycles. The van der Waals surface area contributed by atoms with Crippen molar-refractivity contribution >= 4 is 52.2 Å². The van der Waals surface area contributed by atoms with Crippen LogP contribution in [-0.2, 0) is 4.79 Å². The second-order valence-electron chi connectivity index (χ2n) is 2.97. The van der Waals surface area contributed by atoms with Crippen LogP contribution < -0.4 is 0 Å². The first kappa shape index (κ1) is 11.4. The Bertz CT molecular complexity index is 300. The molecule has 0 amide bonds. The minimum absolute atomic E-state index is 0.0799. The molecular weight excluding hydrogens is 254 g/mol. The van der Waals surface area contributed by atoms with Crippen LogP contribution in [0.1, 0.15) is 6.92 Å². The van der Waals surface area contributed by atoms with Gasteiger partial charge in [0.2, 0.25) is 3.79 Å². The van der Waals surface area contributed by atoms with Crippen LogP contribution in [-0.4, -0.2) is 9.58 Å². The fourth-order valence-electron chi connectivity index (χ4n) is 0.887. The molecule has 5 heteroatoms.